The SMILES string of the molecule is CN(CCOC(C)(C)c1ccc(S(=O)(=O)NCC2CCCO2)cc1)S(=O)(=O)c1ccc(C(C)(C)C)cc1. The summed E-state index contributed by atoms with van der Waals surface area (Å²) in [7, 11) is -5.75. The zero-order valence-corrected chi connectivity index (χ0v) is 24.3. The fourth-order valence-corrected chi connectivity index (χ4v) is 6.29. The Morgan fingerprint density at radius 1 is 0.919 bits per heavy atom. The predicted octanol–water partition coefficient (Wildman–Crippen LogP) is 4.01. The number of likely N-dealkylation sites (N-methyl/N-ethyl adjacent to an activating group) is 1. The third-order valence-electron chi connectivity index (χ3n) is 6.68. The Kier molecular flexibility index (Phi) is 9.25. The molecule has 0 aliphatic carbocycles. The van der Waals surface area contributed by atoms with Gasteiger partial charge in [-0.2, -0.15) is 4.31 Å². The van der Waals surface area contributed by atoms with Crippen LogP contribution in [0.1, 0.15) is 58.6 Å². The van der Waals surface area contributed by atoms with Gasteiger partial charge in [0.25, 0.3) is 0 Å². The molecule has 8 nitrogen and oxygen atoms in total. The second-order valence-corrected chi connectivity index (χ2v) is 14.8. The third-order valence-corrected chi connectivity index (χ3v) is 9.99. The van der Waals surface area contributed by atoms with E-state index in [1.807, 2.05) is 26.0 Å². The first-order valence-corrected chi connectivity index (χ1v) is 15.5. The lowest BCUT2D eigenvalue weighted by molar-refractivity contribution is -0.0238. The van der Waals surface area contributed by atoms with E-state index in [4.69, 9.17) is 9.47 Å². The van der Waals surface area contributed by atoms with E-state index < -0.39 is 25.6 Å². The van der Waals surface area contributed by atoms with Crippen molar-refractivity contribution >= 4 is 20.0 Å². The minimum absolute atomic E-state index is 0.0586. The van der Waals surface area contributed by atoms with Gasteiger partial charge in [0.05, 0.1) is 28.1 Å². The molecular weight excluding hydrogens is 512 g/mol. The summed E-state index contributed by atoms with van der Waals surface area (Å²) in [6.07, 6.45) is 1.72. The number of rotatable bonds is 11. The van der Waals surface area contributed by atoms with Gasteiger partial charge in [-0.3, -0.25) is 0 Å². The van der Waals surface area contributed by atoms with Crippen LogP contribution in [-0.2, 0) is 40.5 Å². The van der Waals surface area contributed by atoms with Gasteiger partial charge in [0.2, 0.25) is 20.0 Å². The van der Waals surface area contributed by atoms with Gasteiger partial charge in [0.1, 0.15) is 0 Å². The van der Waals surface area contributed by atoms with Crippen molar-refractivity contribution in [3.63, 3.8) is 0 Å². The number of nitrogens with one attached hydrogen (secondary N) is 1. The Bertz CT molecular complexity index is 1240. The van der Waals surface area contributed by atoms with Gasteiger partial charge < -0.3 is 9.47 Å². The number of ether oxygens (including phenoxy) is 2. The minimum Gasteiger partial charge on any atom is -0.377 e. The molecule has 1 N–H and O–H groups in total. The fourth-order valence-electron chi connectivity index (χ4n) is 4.07. The van der Waals surface area contributed by atoms with Crippen molar-refractivity contribution in [2.24, 2.45) is 0 Å². The van der Waals surface area contributed by atoms with E-state index in [9.17, 15) is 16.8 Å². The molecule has 0 saturated carbocycles. The molecule has 2 aromatic rings. The van der Waals surface area contributed by atoms with Crippen LogP contribution in [0.25, 0.3) is 0 Å². The highest BCUT2D eigenvalue weighted by Crippen LogP contribution is 2.27. The summed E-state index contributed by atoms with van der Waals surface area (Å²) in [5.41, 5.74) is 1.05. The van der Waals surface area contributed by atoms with E-state index in [0.717, 1.165) is 24.0 Å². The topological polar surface area (TPSA) is 102 Å². The Morgan fingerprint density at radius 3 is 2.03 bits per heavy atom. The summed E-state index contributed by atoms with van der Waals surface area (Å²) in [5, 5.41) is 0. The molecular formula is C27H40N2O6S2. The lowest BCUT2D eigenvalue weighted by Gasteiger charge is -2.27. The summed E-state index contributed by atoms with van der Waals surface area (Å²) in [4.78, 5) is 0.417. The summed E-state index contributed by atoms with van der Waals surface area (Å²) in [6, 6.07) is 13.5. The maximum atomic E-state index is 13.0. The molecule has 1 aliphatic rings. The monoisotopic (exact) mass is 552 g/mol. The molecule has 1 unspecified atom stereocenters. The van der Waals surface area contributed by atoms with Crippen molar-refractivity contribution in [2.45, 2.75) is 74.4 Å². The Hall–Kier alpha value is -1.82. The normalized spacial score (nSPS) is 17.4. The molecule has 10 heteroatoms. The fraction of sp³-hybridized carbons (Fsp3) is 0.556. The quantitative estimate of drug-likeness (QED) is 0.452. The van der Waals surface area contributed by atoms with Crippen LogP contribution in [0, 0.1) is 0 Å². The first kappa shape index (κ1) is 29.7. The maximum absolute atomic E-state index is 13.0. The number of sulfonamides is 2. The molecule has 0 bridgehead atoms. The van der Waals surface area contributed by atoms with Gasteiger partial charge in [-0.15, -0.1) is 0 Å². The Morgan fingerprint density at radius 2 is 1.49 bits per heavy atom. The van der Waals surface area contributed by atoms with Gasteiger partial charge in [-0.1, -0.05) is 45.0 Å². The molecule has 1 fully saturated rings. The Labute approximate surface area is 222 Å². The zero-order chi connectivity index (χ0) is 27.5. The van der Waals surface area contributed by atoms with Crippen LogP contribution in [0.15, 0.2) is 58.3 Å². The molecule has 206 valence electrons. The molecule has 3 rings (SSSR count). The summed E-state index contributed by atoms with van der Waals surface area (Å²) >= 11 is 0. The van der Waals surface area contributed by atoms with Gasteiger partial charge >= 0.3 is 0 Å². The van der Waals surface area contributed by atoms with Crippen molar-refractivity contribution in [2.75, 3.05) is 33.4 Å². The van der Waals surface area contributed by atoms with Gasteiger partial charge in [0.15, 0.2) is 0 Å². The van der Waals surface area contributed by atoms with Crippen LogP contribution >= 0.6 is 0 Å². The molecule has 1 heterocycles. The van der Waals surface area contributed by atoms with Crippen LogP contribution in [0.2, 0.25) is 0 Å². The molecule has 1 saturated heterocycles. The van der Waals surface area contributed by atoms with Crippen molar-refractivity contribution in [3.05, 3.63) is 59.7 Å². The lowest BCUT2D eigenvalue weighted by Crippen LogP contribution is -2.33. The molecule has 2 aromatic carbocycles. The Balaban J connectivity index is 1.57. The summed E-state index contributed by atoms with van der Waals surface area (Å²) in [5.74, 6) is 0. The molecule has 1 atom stereocenters. The van der Waals surface area contributed by atoms with Crippen molar-refractivity contribution in [3.8, 4) is 0 Å². The summed E-state index contributed by atoms with van der Waals surface area (Å²) < 4.78 is 66.6. The second kappa shape index (κ2) is 11.5. The summed E-state index contributed by atoms with van der Waals surface area (Å²) in [6.45, 7) is 11.3. The molecule has 0 aromatic heterocycles. The zero-order valence-electron chi connectivity index (χ0n) is 22.7. The van der Waals surface area contributed by atoms with E-state index in [0.29, 0.717) is 6.61 Å². The predicted molar refractivity (Wildman–Crippen MR) is 145 cm³/mol. The van der Waals surface area contributed by atoms with Gasteiger partial charge in [-0.05, 0) is 67.5 Å². The van der Waals surface area contributed by atoms with Gasteiger partial charge in [0, 0.05) is 26.7 Å². The molecule has 0 amide bonds. The number of nitrogens with zero attached hydrogens (tertiary/aromatic N) is 1. The van der Waals surface area contributed by atoms with E-state index in [1.165, 1.54) is 11.4 Å². The van der Waals surface area contributed by atoms with Crippen LogP contribution in [0.4, 0.5) is 0 Å². The van der Waals surface area contributed by atoms with E-state index in [2.05, 4.69) is 25.5 Å². The standard InChI is InChI=1S/C27H40N2O6S2/c1-26(2,3)21-9-15-25(16-10-21)37(32,33)29(6)17-19-35-27(4,5)22-11-13-24(14-12-22)36(30,31)28-20-23-8-7-18-34-23/h9-16,23,28H,7-8,17-20H2,1-6H3. The molecule has 1 aliphatic heterocycles. The second-order valence-electron chi connectivity index (χ2n) is 11.0. The van der Waals surface area contributed by atoms with Crippen LogP contribution in [0.3, 0.4) is 0 Å². The first-order chi connectivity index (χ1) is 17.1. The number of benzene rings is 2. The highest BCUT2D eigenvalue weighted by atomic mass is 32.2. The van der Waals surface area contributed by atoms with Crippen LogP contribution in [0.5, 0.6) is 0 Å². The van der Waals surface area contributed by atoms with Crippen molar-refractivity contribution < 1.29 is 26.3 Å². The van der Waals surface area contributed by atoms with Gasteiger partial charge in [-0.25, -0.2) is 21.6 Å². The van der Waals surface area contributed by atoms with E-state index in [-0.39, 0.29) is 41.0 Å². The smallest absolute Gasteiger partial charge is 0.242 e. The largest absolute Gasteiger partial charge is 0.377 e. The average molecular weight is 553 g/mol. The average Bonchev–Trinajstić information content (AvgIpc) is 3.36. The maximum Gasteiger partial charge on any atom is 0.242 e. The van der Waals surface area contributed by atoms with Crippen LogP contribution < -0.4 is 4.72 Å². The lowest BCUT2D eigenvalue weighted by atomic mass is 9.87. The highest BCUT2D eigenvalue weighted by Gasteiger charge is 2.26. The minimum atomic E-state index is -3.65. The van der Waals surface area contributed by atoms with Crippen LogP contribution in [-0.4, -0.2) is 60.6 Å². The van der Waals surface area contributed by atoms with Crippen molar-refractivity contribution in [1.82, 2.24) is 9.03 Å². The van der Waals surface area contributed by atoms with Crippen molar-refractivity contribution in [1.29, 1.82) is 0 Å². The van der Waals surface area contributed by atoms with E-state index >= 15 is 0 Å². The highest BCUT2D eigenvalue weighted by molar-refractivity contribution is 7.89. The first-order valence-electron chi connectivity index (χ1n) is 12.6. The number of hydrogen-bond acceptors (Lipinski definition) is 6. The molecule has 0 spiro atoms. The molecule has 37 heavy (non-hydrogen) atoms. The number of hydrogen-bond donors (Lipinski definition) is 1. The molecule has 0 radical (unpaired) electrons. The third kappa shape index (κ3) is 7.61. The van der Waals surface area contributed by atoms with E-state index in [1.54, 1.807) is 36.4 Å².